The second kappa shape index (κ2) is 9.36. The van der Waals surface area contributed by atoms with E-state index in [1.165, 1.54) is 43.2 Å². The molecule has 0 N–H and O–H groups in total. The summed E-state index contributed by atoms with van der Waals surface area (Å²) in [7, 11) is 0. The number of hydrogen-bond acceptors (Lipinski definition) is 3. The van der Waals surface area contributed by atoms with Crippen molar-refractivity contribution in [2.24, 2.45) is 0 Å². The summed E-state index contributed by atoms with van der Waals surface area (Å²) < 4.78 is 0. The molecule has 0 aliphatic carbocycles. The summed E-state index contributed by atoms with van der Waals surface area (Å²) in [4.78, 5) is 10.2. The van der Waals surface area contributed by atoms with Gasteiger partial charge in [-0.05, 0) is 72.1 Å². The molecule has 0 amide bonds. The van der Waals surface area contributed by atoms with Gasteiger partial charge in [-0.2, -0.15) is 0 Å². The van der Waals surface area contributed by atoms with Gasteiger partial charge in [0.1, 0.15) is 0 Å². The maximum absolute atomic E-state index is 6.24. The number of hydrogen-bond donors (Lipinski definition) is 0. The predicted octanol–water partition coefficient (Wildman–Crippen LogP) is 10.5. The lowest BCUT2D eigenvalue weighted by Gasteiger charge is -2.33. The normalized spacial score (nSPS) is 12.3. The van der Waals surface area contributed by atoms with E-state index in [1.807, 2.05) is 36.0 Å². The van der Waals surface area contributed by atoms with Gasteiger partial charge < -0.3 is 4.90 Å². The Morgan fingerprint density at radius 2 is 1.26 bits per heavy atom. The van der Waals surface area contributed by atoms with Crippen molar-refractivity contribution in [1.82, 2.24) is 4.98 Å². The average Bonchev–Trinajstić information content (AvgIpc) is 2.97. The molecule has 1 aliphatic heterocycles. The summed E-state index contributed by atoms with van der Waals surface area (Å²) in [6.45, 7) is 2.18. The van der Waals surface area contributed by atoms with Crippen LogP contribution in [0.25, 0.3) is 33.3 Å². The van der Waals surface area contributed by atoms with Gasteiger partial charge in [-0.25, -0.2) is 4.98 Å². The summed E-state index contributed by atoms with van der Waals surface area (Å²) in [5, 5.41) is 1.88. The fourth-order valence-corrected chi connectivity index (χ4v) is 6.44. The largest absolute Gasteiger partial charge is 0.306 e. The number of pyridine rings is 1. The lowest BCUT2D eigenvalue weighted by Crippen LogP contribution is -2.15. The van der Waals surface area contributed by atoms with E-state index in [2.05, 4.69) is 109 Å². The molecule has 2 heterocycles. The van der Waals surface area contributed by atoms with Crippen LogP contribution in [0.4, 0.5) is 17.1 Å². The Labute approximate surface area is 231 Å². The Kier molecular flexibility index (Phi) is 5.69. The first kappa shape index (κ1) is 23.1. The SMILES string of the molecule is Cc1ccc(N2c3ccccc3Sc3ccccc32)c2nc(-c3ccc(Cl)cc3)cc(-c3ccccc3)c12. The molecule has 0 atom stereocenters. The van der Waals surface area contributed by atoms with Crippen molar-refractivity contribution < 1.29 is 0 Å². The van der Waals surface area contributed by atoms with Gasteiger partial charge in [0.2, 0.25) is 0 Å². The molecule has 0 saturated heterocycles. The van der Waals surface area contributed by atoms with E-state index in [0.717, 1.165) is 22.5 Å². The van der Waals surface area contributed by atoms with Crippen molar-refractivity contribution in [3.05, 3.63) is 132 Å². The van der Waals surface area contributed by atoms with Gasteiger partial charge in [0, 0.05) is 25.8 Å². The molecule has 0 bridgehead atoms. The van der Waals surface area contributed by atoms with E-state index in [9.17, 15) is 0 Å². The van der Waals surface area contributed by atoms with Gasteiger partial charge in [-0.15, -0.1) is 0 Å². The number of aryl methyl sites for hydroxylation is 1. The van der Waals surface area contributed by atoms with Crippen LogP contribution in [0.3, 0.4) is 0 Å². The van der Waals surface area contributed by atoms with Crippen LogP contribution < -0.4 is 4.90 Å². The lowest BCUT2D eigenvalue weighted by atomic mass is 9.94. The van der Waals surface area contributed by atoms with E-state index in [0.29, 0.717) is 5.02 Å². The Hall–Kier alpha value is -4.05. The predicted molar refractivity (Wildman–Crippen MR) is 161 cm³/mol. The van der Waals surface area contributed by atoms with Crippen LogP contribution in [-0.2, 0) is 0 Å². The zero-order valence-corrected chi connectivity index (χ0v) is 22.3. The molecule has 38 heavy (non-hydrogen) atoms. The van der Waals surface area contributed by atoms with Crippen LogP contribution in [0.2, 0.25) is 5.02 Å². The van der Waals surface area contributed by atoms with Crippen LogP contribution in [0.15, 0.2) is 131 Å². The molecule has 6 aromatic rings. The molecule has 0 radical (unpaired) electrons. The van der Waals surface area contributed by atoms with E-state index in [4.69, 9.17) is 16.6 Å². The minimum absolute atomic E-state index is 0.716. The Bertz CT molecular complexity index is 1770. The lowest BCUT2D eigenvalue weighted by molar-refractivity contribution is 1.17. The van der Waals surface area contributed by atoms with Gasteiger partial charge in [0.25, 0.3) is 0 Å². The third-order valence-electron chi connectivity index (χ3n) is 7.05. The molecule has 5 aromatic carbocycles. The highest BCUT2D eigenvalue weighted by atomic mass is 35.5. The van der Waals surface area contributed by atoms with Gasteiger partial charge in [-0.3, -0.25) is 0 Å². The average molecular weight is 527 g/mol. The molecule has 1 aromatic heterocycles. The van der Waals surface area contributed by atoms with E-state index in [1.54, 1.807) is 0 Å². The van der Waals surface area contributed by atoms with Gasteiger partial charge >= 0.3 is 0 Å². The first-order valence-corrected chi connectivity index (χ1v) is 13.8. The summed E-state index contributed by atoms with van der Waals surface area (Å²) in [6, 6.07) is 42.4. The smallest absolute Gasteiger partial charge is 0.0958 e. The molecule has 0 spiro atoms. The van der Waals surface area contributed by atoms with Gasteiger partial charge in [0.05, 0.1) is 28.3 Å². The molecule has 7 rings (SSSR count). The maximum Gasteiger partial charge on any atom is 0.0958 e. The highest BCUT2D eigenvalue weighted by molar-refractivity contribution is 7.99. The molecule has 4 heteroatoms. The molecule has 0 saturated carbocycles. The number of rotatable bonds is 3. The minimum Gasteiger partial charge on any atom is -0.306 e. The van der Waals surface area contributed by atoms with Crippen LogP contribution >= 0.6 is 23.4 Å². The Morgan fingerprint density at radius 3 is 1.95 bits per heavy atom. The molecule has 0 unspecified atom stereocenters. The third kappa shape index (κ3) is 3.87. The Balaban J connectivity index is 1.58. The summed E-state index contributed by atoms with van der Waals surface area (Å²) in [6.07, 6.45) is 0. The van der Waals surface area contributed by atoms with E-state index >= 15 is 0 Å². The monoisotopic (exact) mass is 526 g/mol. The Morgan fingerprint density at radius 1 is 0.632 bits per heavy atom. The molecule has 2 nitrogen and oxygen atoms in total. The van der Waals surface area contributed by atoms with Crippen LogP contribution in [0.1, 0.15) is 5.56 Å². The summed E-state index contributed by atoms with van der Waals surface area (Å²) in [5.74, 6) is 0. The number of fused-ring (bicyclic) bond motifs is 3. The fourth-order valence-electron chi connectivity index (χ4n) is 5.25. The van der Waals surface area contributed by atoms with Crippen molar-refractivity contribution in [2.75, 3.05) is 4.90 Å². The highest BCUT2D eigenvalue weighted by Gasteiger charge is 2.27. The van der Waals surface area contributed by atoms with Gasteiger partial charge in [-0.1, -0.05) is 96.2 Å². The molecular formula is C34H23ClN2S. The van der Waals surface area contributed by atoms with Crippen molar-refractivity contribution in [3.63, 3.8) is 0 Å². The topological polar surface area (TPSA) is 16.1 Å². The van der Waals surface area contributed by atoms with Crippen molar-refractivity contribution in [3.8, 4) is 22.4 Å². The first-order chi connectivity index (χ1) is 18.7. The zero-order chi connectivity index (χ0) is 25.6. The number of benzene rings is 5. The number of aromatic nitrogens is 1. The summed E-state index contributed by atoms with van der Waals surface area (Å²) in [5.41, 5.74) is 9.89. The standard InChI is InChI=1S/C34H23ClN2S/c1-22-15-20-30(37-28-11-5-7-13-31(28)38-32-14-8-6-12-29(32)37)34-33(22)26(23-9-3-2-4-10-23)21-27(36-34)24-16-18-25(35)19-17-24/h2-21H,1H3. The number of anilines is 3. The second-order valence-corrected chi connectivity index (χ2v) is 10.9. The highest BCUT2D eigenvalue weighted by Crippen LogP contribution is 2.52. The maximum atomic E-state index is 6.24. The molecular weight excluding hydrogens is 504 g/mol. The fraction of sp³-hybridized carbons (Fsp3) is 0.0294. The molecule has 182 valence electrons. The van der Waals surface area contributed by atoms with E-state index < -0.39 is 0 Å². The first-order valence-electron chi connectivity index (χ1n) is 12.6. The minimum atomic E-state index is 0.716. The van der Waals surface area contributed by atoms with Gasteiger partial charge in [0.15, 0.2) is 0 Å². The number of halogens is 1. The number of nitrogens with zero attached hydrogens (tertiary/aromatic N) is 2. The van der Waals surface area contributed by atoms with Crippen LogP contribution in [-0.4, -0.2) is 4.98 Å². The quantitative estimate of drug-likeness (QED) is 0.228. The van der Waals surface area contributed by atoms with Crippen molar-refractivity contribution in [2.45, 2.75) is 16.7 Å². The molecule has 0 fully saturated rings. The third-order valence-corrected chi connectivity index (χ3v) is 8.43. The van der Waals surface area contributed by atoms with Crippen molar-refractivity contribution in [1.29, 1.82) is 0 Å². The summed E-state index contributed by atoms with van der Waals surface area (Å²) >= 11 is 8.05. The van der Waals surface area contributed by atoms with Crippen LogP contribution in [0.5, 0.6) is 0 Å². The molecule has 1 aliphatic rings. The number of para-hydroxylation sites is 2. The van der Waals surface area contributed by atoms with Crippen LogP contribution in [0, 0.1) is 6.92 Å². The zero-order valence-electron chi connectivity index (χ0n) is 20.7. The second-order valence-electron chi connectivity index (χ2n) is 9.43. The van der Waals surface area contributed by atoms with Crippen molar-refractivity contribution >= 4 is 51.3 Å². The van der Waals surface area contributed by atoms with E-state index in [-0.39, 0.29) is 0 Å².